The van der Waals surface area contributed by atoms with E-state index in [1.54, 1.807) is 0 Å². The fourth-order valence-corrected chi connectivity index (χ4v) is 3.17. The average molecular weight is 402 g/mol. The van der Waals surface area contributed by atoms with Crippen molar-refractivity contribution >= 4 is 15.9 Å². The van der Waals surface area contributed by atoms with E-state index in [0.717, 1.165) is 6.07 Å². The molecule has 1 atom stereocenters. The molecule has 0 bridgehead atoms. The summed E-state index contributed by atoms with van der Waals surface area (Å²) in [7, 11) is -4.10. The molecule has 1 amide bonds. The van der Waals surface area contributed by atoms with Crippen molar-refractivity contribution in [2.24, 2.45) is 0 Å². The molecule has 0 fully saturated rings. The van der Waals surface area contributed by atoms with Crippen LogP contribution in [0, 0.1) is 17.5 Å². The summed E-state index contributed by atoms with van der Waals surface area (Å²) in [5.41, 5.74) is 0.413. The number of amides is 1. The van der Waals surface area contributed by atoms with Crippen LogP contribution in [0.5, 0.6) is 0 Å². The third kappa shape index (κ3) is 6.05. The standard InChI is InChI=1S/C17H17F3N2O4S/c18-12-3-1-11(2-4-12)16(23)10-21-17(24)7-8-22-27(25,26)13-5-6-14(19)15(20)9-13/h1-6,9,16,22-23H,7-8,10H2,(H,21,24). The third-order valence-corrected chi connectivity index (χ3v) is 5.05. The topological polar surface area (TPSA) is 95.5 Å². The second-order valence-electron chi connectivity index (χ2n) is 5.60. The number of sulfonamides is 1. The van der Waals surface area contributed by atoms with Gasteiger partial charge in [0.15, 0.2) is 11.6 Å². The van der Waals surface area contributed by atoms with E-state index >= 15 is 0 Å². The lowest BCUT2D eigenvalue weighted by atomic mass is 10.1. The van der Waals surface area contributed by atoms with Crippen molar-refractivity contribution in [3.8, 4) is 0 Å². The maximum atomic E-state index is 13.1. The van der Waals surface area contributed by atoms with Gasteiger partial charge in [0.05, 0.1) is 11.0 Å². The quantitative estimate of drug-likeness (QED) is 0.625. The molecule has 27 heavy (non-hydrogen) atoms. The molecular weight excluding hydrogens is 385 g/mol. The Hall–Kier alpha value is -2.43. The van der Waals surface area contributed by atoms with E-state index in [2.05, 4.69) is 10.0 Å². The first-order valence-corrected chi connectivity index (χ1v) is 9.32. The monoisotopic (exact) mass is 402 g/mol. The lowest BCUT2D eigenvalue weighted by Crippen LogP contribution is -2.32. The number of benzene rings is 2. The number of hydrogen-bond acceptors (Lipinski definition) is 4. The highest BCUT2D eigenvalue weighted by Gasteiger charge is 2.17. The normalized spacial score (nSPS) is 12.6. The fraction of sp³-hybridized carbons (Fsp3) is 0.235. The van der Waals surface area contributed by atoms with Gasteiger partial charge in [-0.2, -0.15) is 0 Å². The van der Waals surface area contributed by atoms with E-state index in [0.29, 0.717) is 17.7 Å². The Bertz CT molecular complexity index is 905. The van der Waals surface area contributed by atoms with Crippen LogP contribution in [0.3, 0.4) is 0 Å². The highest BCUT2D eigenvalue weighted by molar-refractivity contribution is 7.89. The zero-order chi connectivity index (χ0) is 20.0. The van der Waals surface area contributed by atoms with Gasteiger partial charge in [0, 0.05) is 19.5 Å². The molecule has 0 aliphatic rings. The smallest absolute Gasteiger partial charge is 0.240 e. The molecule has 0 spiro atoms. The Kier molecular flexibility index (Phi) is 6.94. The number of rotatable bonds is 8. The van der Waals surface area contributed by atoms with E-state index in [9.17, 15) is 31.5 Å². The number of aliphatic hydroxyl groups is 1. The molecule has 2 aromatic rings. The lowest BCUT2D eigenvalue weighted by molar-refractivity contribution is -0.121. The fourth-order valence-electron chi connectivity index (χ4n) is 2.13. The van der Waals surface area contributed by atoms with Crippen LogP contribution in [-0.4, -0.2) is 32.5 Å². The zero-order valence-electron chi connectivity index (χ0n) is 14.0. The molecule has 3 N–H and O–H groups in total. The molecule has 0 aliphatic carbocycles. The van der Waals surface area contributed by atoms with Gasteiger partial charge in [-0.3, -0.25) is 4.79 Å². The number of halogens is 3. The van der Waals surface area contributed by atoms with Gasteiger partial charge in [0.25, 0.3) is 0 Å². The van der Waals surface area contributed by atoms with E-state index in [1.807, 2.05) is 0 Å². The van der Waals surface area contributed by atoms with Crippen molar-refractivity contribution in [2.75, 3.05) is 13.1 Å². The van der Waals surface area contributed by atoms with Gasteiger partial charge >= 0.3 is 0 Å². The van der Waals surface area contributed by atoms with Crippen LogP contribution in [0.2, 0.25) is 0 Å². The maximum absolute atomic E-state index is 13.1. The van der Waals surface area contributed by atoms with Gasteiger partial charge in [-0.1, -0.05) is 12.1 Å². The Morgan fingerprint density at radius 1 is 1.04 bits per heavy atom. The summed E-state index contributed by atoms with van der Waals surface area (Å²) in [5, 5.41) is 12.3. The first-order chi connectivity index (χ1) is 12.7. The minimum Gasteiger partial charge on any atom is -0.387 e. The van der Waals surface area contributed by atoms with Crippen molar-refractivity contribution < 1.29 is 31.5 Å². The van der Waals surface area contributed by atoms with Crippen LogP contribution < -0.4 is 10.0 Å². The van der Waals surface area contributed by atoms with Crippen LogP contribution in [0.1, 0.15) is 18.1 Å². The molecule has 0 saturated carbocycles. The molecule has 0 aromatic heterocycles. The summed E-state index contributed by atoms with van der Waals surface area (Å²) in [5.74, 6) is -3.47. The van der Waals surface area contributed by atoms with Gasteiger partial charge in [0.2, 0.25) is 15.9 Å². The first kappa shape index (κ1) is 20.9. The Labute approximate surface area is 154 Å². The number of carbonyl (C=O) groups excluding carboxylic acids is 1. The second-order valence-corrected chi connectivity index (χ2v) is 7.36. The van der Waals surface area contributed by atoms with Crippen molar-refractivity contribution in [2.45, 2.75) is 17.4 Å². The summed E-state index contributed by atoms with van der Waals surface area (Å²) in [6.45, 7) is -0.416. The Morgan fingerprint density at radius 3 is 2.33 bits per heavy atom. The van der Waals surface area contributed by atoms with Gasteiger partial charge in [0.1, 0.15) is 5.82 Å². The molecule has 0 heterocycles. The van der Waals surface area contributed by atoms with E-state index in [1.165, 1.54) is 24.3 Å². The molecule has 10 heteroatoms. The SMILES string of the molecule is O=C(CCNS(=O)(=O)c1ccc(F)c(F)c1)NCC(O)c1ccc(F)cc1. The van der Waals surface area contributed by atoms with E-state index in [4.69, 9.17) is 0 Å². The van der Waals surface area contributed by atoms with Gasteiger partial charge < -0.3 is 10.4 Å². The summed E-state index contributed by atoms with van der Waals surface area (Å²) < 4.78 is 64.8. The maximum Gasteiger partial charge on any atom is 0.240 e. The van der Waals surface area contributed by atoms with Crippen molar-refractivity contribution in [3.05, 3.63) is 65.5 Å². The number of carbonyl (C=O) groups is 1. The van der Waals surface area contributed by atoms with Crippen LogP contribution in [0.25, 0.3) is 0 Å². The van der Waals surface area contributed by atoms with Gasteiger partial charge in [-0.25, -0.2) is 26.3 Å². The molecule has 2 aromatic carbocycles. The van der Waals surface area contributed by atoms with Crippen LogP contribution in [-0.2, 0) is 14.8 Å². The summed E-state index contributed by atoms with van der Waals surface area (Å²) in [6.07, 6.45) is -1.28. The minimum atomic E-state index is -4.10. The first-order valence-electron chi connectivity index (χ1n) is 7.84. The minimum absolute atomic E-state index is 0.139. The molecule has 0 radical (unpaired) electrons. The Balaban J connectivity index is 1.79. The van der Waals surface area contributed by atoms with Crippen LogP contribution >= 0.6 is 0 Å². The third-order valence-electron chi connectivity index (χ3n) is 3.59. The molecule has 0 saturated heterocycles. The summed E-state index contributed by atoms with van der Waals surface area (Å²) in [6, 6.07) is 7.23. The molecule has 2 rings (SSSR count). The lowest BCUT2D eigenvalue weighted by Gasteiger charge is -2.12. The largest absolute Gasteiger partial charge is 0.387 e. The number of aliphatic hydroxyl groups excluding tert-OH is 1. The average Bonchev–Trinajstić information content (AvgIpc) is 2.62. The van der Waals surface area contributed by atoms with E-state index in [-0.39, 0.29) is 19.5 Å². The van der Waals surface area contributed by atoms with Crippen LogP contribution in [0.4, 0.5) is 13.2 Å². The Morgan fingerprint density at radius 2 is 1.70 bits per heavy atom. The molecular formula is C17H17F3N2O4S. The number of hydrogen-bond donors (Lipinski definition) is 3. The number of nitrogens with one attached hydrogen (secondary N) is 2. The van der Waals surface area contributed by atoms with Crippen molar-refractivity contribution in [1.29, 1.82) is 0 Å². The molecule has 1 unspecified atom stereocenters. The van der Waals surface area contributed by atoms with Crippen molar-refractivity contribution in [3.63, 3.8) is 0 Å². The van der Waals surface area contributed by atoms with Crippen LogP contribution in [0.15, 0.2) is 47.4 Å². The van der Waals surface area contributed by atoms with E-state index < -0.39 is 44.4 Å². The van der Waals surface area contributed by atoms with Gasteiger partial charge in [-0.15, -0.1) is 0 Å². The predicted octanol–water partition coefficient (Wildman–Crippen LogP) is 1.62. The second kappa shape index (κ2) is 8.98. The summed E-state index contributed by atoms with van der Waals surface area (Å²) in [4.78, 5) is 11.3. The highest BCUT2D eigenvalue weighted by Crippen LogP contribution is 2.14. The molecule has 146 valence electrons. The van der Waals surface area contributed by atoms with Gasteiger partial charge in [-0.05, 0) is 35.9 Å². The highest BCUT2D eigenvalue weighted by atomic mass is 32.2. The summed E-state index contributed by atoms with van der Waals surface area (Å²) >= 11 is 0. The zero-order valence-corrected chi connectivity index (χ0v) is 14.8. The molecule has 6 nitrogen and oxygen atoms in total. The molecule has 0 aliphatic heterocycles. The van der Waals surface area contributed by atoms with Crippen molar-refractivity contribution in [1.82, 2.24) is 10.0 Å². The predicted molar refractivity (Wildman–Crippen MR) is 90.5 cm³/mol.